The van der Waals surface area contributed by atoms with Crippen LogP contribution in [0.25, 0.3) is 0 Å². The molecular formula is C19H28N4O3S. The number of rotatable bonds is 5. The first-order valence-electron chi connectivity index (χ1n) is 9.82. The number of hydrogen-bond donors (Lipinski definition) is 1. The molecule has 4 rings (SSSR count). The third-order valence-corrected chi connectivity index (χ3v) is 7.08. The third-order valence-electron chi connectivity index (χ3n) is 5.71. The van der Waals surface area contributed by atoms with Gasteiger partial charge in [0.25, 0.3) is 10.0 Å². The van der Waals surface area contributed by atoms with E-state index in [-0.39, 0.29) is 4.90 Å². The van der Waals surface area contributed by atoms with Crippen molar-refractivity contribution < 1.29 is 13.2 Å². The lowest BCUT2D eigenvalue weighted by atomic mass is 9.93. The van der Waals surface area contributed by atoms with Crippen LogP contribution in [0.1, 0.15) is 19.3 Å². The van der Waals surface area contributed by atoms with Crippen molar-refractivity contribution in [2.45, 2.75) is 24.2 Å². The van der Waals surface area contributed by atoms with Gasteiger partial charge in [0.2, 0.25) is 0 Å². The van der Waals surface area contributed by atoms with Crippen molar-refractivity contribution in [3.05, 3.63) is 24.3 Å². The lowest BCUT2D eigenvalue weighted by Gasteiger charge is -2.34. The number of likely N-dealkylation sites (tertiary alicyclic amines) is 1. The molecular weight excluding hydrogens is 364 g/mol. The van der Waals surface area contributed by atoms with Crippen LogP contribution in [0.3, 0.4) is 0 Å². The summed E-state index contributed by atoms with van der Waals surface area (Å²) in [7, 11) is -3.59. The van der Waals surface area contributed by atoms with Crippen LogP contribution >= 0.6 is 0 Å². The molecule has 0 aliphatic carbocycles. The topological polar surface area (TPSA) is 74.2 Å². The molecule has 3 heterocycles. The van der Waals surface area contributed by atoms with E-state index in [1.807, 2.05) is 6.07 Å². The van der Waals surface area contributed by atoms with Gasteiger partial charge in [0.05, 0.1) is 25.4 Å². The number of amidine groups is 1. The molecule has 0 bridgehead atoms. The summed E-state index contributed by atoms with van der Waals surface area (Å²) >= 11 is 0. The number of sulfonamides is 1. The number of benzene rings is 1. The van der Waals surface area contributed by atoms with E-state index in [1.165, 1.54) is 19.3 Å². The Balaban J connectivity index is 1.26. The van der Waals surface area contributed by atoms with E-state index in [0.29, 0.717) is 18.1 Å². The smallest absolute Gasteiger partial charge is 0.286 e. The highest BCUT2D eigenvalue weighted by Gasteiger charge is 2.27. The van der Waals surface area contributed by atoms with Crippen molar-refractivity contribution in [3.63, 3.8) is 0 Å². The van der Waals surface area contributed by atoms with Gasteiger partial charge in [-0.1, -0.05) is 12.1 Å². The second-order valence-electron chi connectivity index (χ2n) is 7.60. The molecule has 3 aliphatic rings. The van der Waals surface area contributed by atoms with E-state index in [4.69, 9.17) is 4.74 Å². The number of anilines is 1. The van der Waals surface area contributed by atoms with Gasteiger partial charge in [-0.2, -0.15) is 8.42 Å². The zero-order valence-corrected chi connectivity index (χ0v) is 16.5. The van der Waals surface area contributed by atoms with Crippen molar-refractivity contribution in [2.24, 2.45) is 10.3 Å². The third kappa shape index (κ3) is 4.68. The van der Waals surface area contributed by atoms with Gasteiger partial charge in [0, 0.05) is 13.1 Å². The molecule has 0 saturated carbocycles. The average molecular weight is 393 g/mol. The Kier molecular flexibility index (Phi) is 5.77. The Hall–Kier alpha value is -1.48. The summed E-state index contributed by atoms with van der Waals surface area (Å²) in [5, 5.41) is 3.19. The van der Waals surface area contributed by atoms with Crippen LogP contribution in [-0.2, 0) is 14.8 Å². The number of ether oxygens (including phenoxy) is 1. The number of morpholine rings is 1. The largest absolute Gasteiger partial charge is 0.379 e. The van der Waals surface area contributed by atoms with E-state index < -0.39 is 10.0 Å². The van der Waals surface area contributed by atoms with Crippen LogP contribution in [0.5, 0.6) is 0 Å². The minimum Gasteiger partial charge on any atom is -0.379 e. The standard InChI is InChI=1S/C19H28N4O3S/c24-27(25)18-4-2-1-3-17(18)20-19(21-27)15-23-9-6-16(7-10-23)5-8-22-11-13-26-14-12-22/h1-4,16H,5-15H2,(H,20,21). The first kappa shape index (κ1) is 18.9. The Labute approximate surface area is 161 Å². The molecule has 0 unspecified atom stereocenters. The second-order valence-corrected chi connectivity index (χ2v) is 9.17. The van der Waals surface area contributed by atoms with Crippen molar-refractivity contribution in [2.75, 3.05) is 57.8 Å². The van der Waals surface area contributed by atoms with Crippen LogP contribution < -0.4 is 5.32 Å². The van der Waals surface area contributed by atoms with Gasteiger partial charge in [0.1, 0.15) is 10.7 Å². The Morgan fingerprint density at radius 1 is 1.07 bits per heavy atom. The molecule has 0 atom stereocenters. The van der Waals surface area contributed by atoms with E-state index in [1.54, 1.807) is 18.2 Å². The molecule has 0 radical (unpaired) electrons. The second kappa shape index (κ2) is 8.26. The predicted molar refractivity (Wildman–Crippen MR) is 106 cm³/mol. The fourth-order valence-corrected chi connectivity index (χ4v) is 5.21. The van der Waals surface area contributed by atoms with Crippen molar-refractivity contribution in [1.29, 1.82) is 0 Å². The van der Waals surface area contributed by atoms with E-state index in [9.17, 15) is 8.42 Å². The zero-order chi connectivity index (χ0) is 18.7. The number of nitrogens with one attached hydrogen (secondary N) is 1. The first-order valence-corrected chi connectivity index (χ1v) is 11.3. The van der Waals surface area contributed by atoms with Gasteiger partial charge in [-0.25, -0.2) is 0 Å². The minimum absolute atomic E-state index is 0.260. The lowest BCUT2D eigenvalue weighted by Crippen LogP contribution is -2.41. The Morgan fingerprint density at radius 3 is 2.59 bits per heavy atom. The molecule has 2 saturated heterocycles. The maximum absolute atomic E-state index is 12.4. The Bertz CT molecular complexity index is 782. The van der Waals surface area contributed by atoms with Gasteiger partial charge in [-0.15, -0.1) is 4.40 Å². The first-order chi connectivity index (χ1) is 13.1. The highest BCUT2D eigenvalue weighted by atomic mass is 32.2. The molecule has 0 amide bonds. The van der Waals surface area contributed by atoms with Crippen LogP contribution in [0.2, 0.25) is 0 Å². The highest BCUT2D eigenvalue weighted by molar-refractivity contribution is 7.90. The molecule has 1 aromatic carbocycles. The summed E-state index contributed by atoms with van der Waals surface area (Å²) in [6.45, 7) is 7.55. The quantitative estimate of drug-likeness (QED) is 0.821. The van der Waals surface area contributed by atoms with Gasteiger partial charge < -0.3 is 10.1 Å². The fraction of sp³-hybridized carbons (Fsp3) is 0.632. The Morgan fingerprint density at radius 2 is 1.81 bits per heavy atom. The number of fused-ring (bicyclic) bond motifs is 1. The minimum atomic E-state index is -3.59. The average Bonchev–Trinajstić information content (AvgIpc) is 2.68. The molecule has 0 spiro atoms. The van der Waals surface area contributed by atoms with Gasteiger partial charge in [-0.3, -0.25) is 9.80 Å². The summed E-state index contributed by atoms with van der Waals surface area (Å²) in [5.74, 6) is 1.29. The van der Waals surface area contributed by atoms with Gasteiger partial charge in [0.15, 0.2) is 0 Å². The SMILES string of the molecule is O=S1(=O)N=C(CN2CCC(CCN3CCOCC3)CC2)Nc2ccccc21. The fourth-order valence-electron chi connectivity index (χ4n) is 4.07. The molecule has 1 N–H and O–H groups in total. The van der Waals surface area contributed by atoms with Gasteiger partial charge >= 0.3 is 0 Å². The number of hydrogen-bond acceptors (Lipinski definition) is 6. The predicted octanol–water partition coefficient (Wildman–Crippen LogP) is 1.63. The van der Waals surface area contributed by atoms with Crippen molar-refractivity contribution in [3.8, 4) is 0 Å². The molecule has 8 heteroatoms. The van der Waals surface area contributed by atoms with Crippen LogP contribution in [-0.4, -0.2) is 76.5 Å². The summed E-state index contributed by atoms with van der Waals surface area (Å²) in [6, 6.07) is 6.95. The normalized spacial score (nSPS) is 24.1. The molecule has 3 aliphatic heterocycles. The van der Waals surface area contributed by atoms with Crippen LogP contribution in [0, 0.1) is 5.92 Å². The summed E-state index contributed by atoms with van der Waals surface area (Å²) in [6.07, 6.45) is 3.58. The number of piperidine rings is 1. The molecule has 2 fully saturated rings. The number of nitrogens with zero attached hydrogens (tertiary/aromatic N) is 3. The molecule has 148 valence electrons. The molecule has 7 nitrogen and oxygen atoms in total. The van der Waals surface area contributed by atoms with Crippen LogP contribution in [0.15, 0.2) is 33.6 Å². The van der Waals surface area contributed by atoms with Gasteiger partial charge in [-0.05, 0) is 56.9 Å². The molecule has 27 heavy (non-hydrogen) atoms. The number of para-hydroxylation sites is 1. The summed E-state index contributed by atoms with van der Waals surface area (Å²) < 4.78 is 34.1. The van der Waals surface area contributed by atoms with E-state index in [0.717, 1.165) is 51.9 Å². The maximum atomic E-state index is 12.4. The highest BCUT2D eigenvalue weighted by Crippen LogP contribution is 2.27. The maximum Gasteiger partial charge on any atom is 0.286 e. The summed E-state index contributed by atoms with van der Waals surface area (Å²) in [4.78, 5) is 5.06. The monoisotopic (exact) mass is 392 g/mol. The van der Waals surface area contributed by atoms with E-state index in [2.05, 4.69) is 19.5 Å². The van der Waals surface area contributed by atoms with Crippen LogP contribution in [0.4, 0.5) is 5.69 Å². The summed E-state index contributed by atoms with van der Waals surface area (Å²) in [5.41, 5.74) is 0.628. The lowest BCUT2D eigenvalue weighted by molar-refractivity contribution is 0.0337. The molecule has 0 aromatic heterocycles. The van der Waals surface area contributed by atoms with Crippen molar-refractivity contribution in [1.82, 2.24) is 9.80 Å². The molecule has 1 aromatic rings. The van der Waals surface area contributed by atoms with E-state index >= 15 is 0 Å². The zero-order valence-electron chi connectivity index (χ0n) is 15.6. The van der Waals surface area contributed by atoms with Crippen molar-refractivity contribution >= 4 is 21.5 Å².